The van der Waals surface area contributed by atoms with E-state index < -0.39 is 4.92 Å². The van der Waals surface area contributed by atoms with Crippen molar-refractivity contribution in [2.45, 2.75) is 6.92 Å². The highest BCUT2D eigenvalue weighted by atomic mass is 35.5. The first kappa shape index (κ1) is 8.80. The molecule has 0 fully saturated rings. The van der Waals surface area contributed by atoms with Gasteiger partial charge in [-0.15, -0.1) is 0 Å². The van der Waals surface area contributed by atoms with E-state index in [1.54, 1.807) is 13.0 Å². The summed E-state index contributed by atoms with van der Waals surface area (Å²) in [4.78, 5) is 9.86. The smallest absolute Gasteiger partial charge is 0.310 e. The first-order chi connectivity index (χ1) is 5.54. The predicted molar refractivity (Wildman–Crippen MR) is 47.3 cm³/mol. The Morgan fingerprint density at radius 3 is 2.58 bits per heavy atom. The number of nitrogens with two attached hydrogens (primary N) is 1. The number of nitro benzene ring substituents is 1. The summed E-state index contributed by atoms with van der Waals surface area (Å²) in [7, 11) is 0. The molecule has 0 heterocycles. The molecule has 0 bridgehead atoms. The minimum atomic E-state index is -0.579. The second-order valence-electron chi connectivity index (χ2n) is 2.39. The van der Waals surface area contributed by atoms with E-state index in [4.69, 9.17) is 17.3 Å². The Morgan fingerprint density at radius 2 is 2.17 bits per heavy atom. The van der Waals surface area contributed by atoms with Gasteiger partial charge in [-0.3, -0.25) is 10.1 Å². The zero-order valence-electron chi connectivity index (χ0n) is 6.37. The molecule has 0 amide bonds. The number of hydrogen-bond acceptors (Lipinski definition) is 3. The van der Waals surface area contributed by atoms with E-state index in [1.165, 1.54) is 6.07 Å². The van der Waals surface area contributed by atoms with Gasteiger partial charge >= 0.3 is 5.69 Å². The van der Waals surface area contributed by atoms with Crippen LogP contribution in [0.25, 0.3) is 0 Å². The van der Waals surface area contributed by atoms with Crippen molar-refractivity contribution in [3.8, 4) is 0 Å². The highest BCUT2D eigenvalue weighted by Crippen LogP contribution is 2.32. The van der Waals surface area contributed by atoms with Gasteiger partial charge in [-0.1, -0.05) is 17.7 Å². The van der Waals surface area contributed by atoms with Crippen molar-refractivity contribution in [1.82, 2.24) is 0 Å². The summed E-state index contributed by atoms with van der Waals surface area (Å²) >= 11 is 5.67. The van der Waals surface area contributed by atoms with Gasteiger partial charge in [0.05, 0.1) is 4.92 Å². The molecule has 1 aromatic rings. The van der Waals surface area contributed by atoms with Crippen LogP contribution in [0.5, 0.6) is 0 Å². The largest absolute Gasteiger partial charge is 0.393 e. The van der Waals surface area contributed by atoms with Crippen molar-refractivity contribution < 1.29 is 4.92 Å². The van der Waals surface area contributed by atoms with Gasteiger partial charge in [0.25, 0.3) is 0 Å². The Bertz CT molecular complexity index is 338. The molecule has 0 unspecified atom stereocenters. The maximum atomic E-state index is 10.4. The minimum Gasteiger partial charge on any atom is -0.393 e. The number of nitro groups is 1. The van der Waals surface area contributed by atoms with Crippen LogP contribution >= 0.6 is 11.6 Å². The molecule has 12 heavy (non-hydrogen) atoms. The number of benzene rings is 1. The molecule has 0 aliphatic heterocycles. The average molecular weight is 187 g/mol. The molecule has 0 aliphatic carbocycles. The van der Waals surface area contributed by atoms with Crippen molar-refractivity contribution in [3.63, 3.8) is 0 Å². The van der Waals surface area contributed by atoms with Crippen molar-refractivity contribution in [2.75, 3.05) is 5.73 Å². The third-order valence-electron chi connectivity index (χ3n) is 1.52. The van der Waals surface area contributed by atoms with Crippen LogP contribution in [0.2, 0.25) is 5.02 Å². The molecule has 1 aromatic carbocycles. The molecule has 5 heteroatoms. The van der Waals surface area contributed by atoms with Gasteiger partial charge in [0.2, 0.25) is 0 Å². The Kier molecular flexibility index (Phi) is 2.19. The molecule has 0 radical (unpaired) electrons. The maximum absolute atomic E-state index is 10.4. The van der Waals surface area contributed by atoms with E-state index >= 15 is 0 Å². The van der Waals surface area contributed by atoms with Gasteiger partial charge in [0, 0.05) is 0 Å². The van der Waals surface area contributed by atoms with E-state index in [9.17, 15) is 10.1 Å². The number of hydrogen-bond donors (Lipinski definition) is 1. The molecule has 0 spiro atoms. The van der Waals surface area contributed by atoms with Gasteiger partial charge in [0.15, 0.2) is 0 Å². The number of aryl methyl sites for hydroxylation is 1. The lowest BCUT2D eigenvalue weighted by Gasteiger charge is -2.01. The zero-order valence-corrected chi connectivity index (χ0v) is 7.13. The lowest BCUT2D eigenvalue weighted by atomic mass is 10.2. The molecule has 1 rings (SSSR count). The Hall–Kier alpha value is -1.29. The minimum absolute atomic E-state index is 0.0931. The number of anilines is 1. The Labute approximate surface area is 74.1 Å². The molecule has 0 atom stereocenters. The summed E-state index contributed by atoms with van der Waals surface area (Å²) in [6.45, 7) is 1.69. The quantitative estimate of drug-likeness (QED) is 0.415. The monoisotopic (exact) mass is 186 g/mol. The Morgan fingerprint density at radius 1 is 1.58 bits per heavy atom. The van der Waals surface area contributed by atoms with E-state index in [0.717, 1.165) is 0 Å². The summed E-state index contributed by atoms with van der Waals surface area (Å²) in [5.74, 6) is 0. The summed E-state index contributed by atoms with van der Waals surface area (Å²) in [5.41, 5.74) is 5.90. The maximum Gasteiger partial charge on any atom is 0.310 e. The van der Waals surface area contributed by atoms with Crippen LogP contribution in [0, 0.1) is 17.0 Å². The molecule has 0 aromatic heterocycles. The van der Waals surface area contributed by atoms with Crippen LogP contribution in [-0.2, 0) is 0 Å². The van der Waals surface area contributed by atoms with Crippen LogP contribution in [0.1, 0.15) is 5.56 Å². The summed E-state index contributed by atoms with van der Waals surface area (Å²) in [6.07, 6.45) is 0. The fourth-order valence-corrected chi connectivity index (χ4v) is 1.11. The van der Waals surface area contributed by atoms with Crippen LogP contribution in [0.3, 0.4) is 0 Å². The second-order valence-corrected chi connectivity index (χ2v) is 2.77. The Balaban J connectivity index is 3.43. The van der Waals surface area contributed by atoms with Crippen LogP contribution in [-0.4, -0.2) is 4.92 Å². The molecule has 64 valence electrons. The van der Waals surface area contributed by atoms with Crippen molar-refractivity contribution in [1.29, 1.82) is 0 Å². The van der Waals surface area contributed by atoms with E-state index in [-0.39, 0.29) is 16.4 Å². The fourth-order valence-electron chi connectivity index (χ4n) is 0.866. The predicted octanol–water partition coefficient (Wildman–Crippen LogP) is 2.14. The van der Waals surface area contributed by atoms with Crippen molar-refractivity contribution in [2.24, 2.45) is 0 Å². The molecule has 0 saturated carbocycles. The average Bonchev–Trinajstić information content (AvgIpc) is 1.97. The molecule has 0 aliphatic rings. The normalized spacial score (nSPS) is 9.83. The van der Waals surface area contributed by atoms with Gasteiger partial charge in [0.1, 0.15) is 10.7 Å². The topological polar surface area (TPSA) is 69.2 Å². The molecule has 4 nitrogen and oxygen atoms in total. The number of rotatable bonds is 1. The van der Waals surface area contributed by atoms with Gasteiger partial charge < -0.3 is 5.73 Å². The second kappa shape index (κ2) is 2.98. The van der Waals surface area contributed by atoms with Gasteiger partial charge in [-0.05, 0) is 18.6 Å². The van der Waals surface area contributed by atoms with E-state index in [1.807, 2.05) is 0 Å². The summed E-state index contributed by atoms with van der Waals surface area (Å²) in [5, 5.41) is 10.5. The fraction of sp³-hybridized carbons (Fsp3) is 0.143. The highest BCUT2D eigenvalue weighted by Gasteiger charge is 2.17. The summed E-state index contributed by atoms with van der Waals surface area (Å²) in [6, 6.07) is 3.12. The lowest BCUT2D eigenvalue weighted by Crippen LogP contribution is -1.97. The standard InChI is InChI=1S/C7H7ClN2O2/c1-4-2-3-5(9)7(6(4)8)10(11)12/h2-3H,9H2,1H3. The first-order valence-electron chi connectivity index (χ1n) is 3.23. The lowest BCUT2D eigenvalue weighted by molar-refractivity contribution is -0.383. The van der Waals surface area contributed by atoms with Gasteiger partial charge in [-0.25, -0.2) is 0 Å². The summed E-state index contributed by atoms with van der Waals surface area (Å²) < 4.78 is 0. The third kappa shape index (κ3) is 1.33. The SMILES string of the molecule is Cc1ccc(N)c([N+](=O)[O-])c1Cl. The molecule has 2 N–H and O–H groups in total. The highest BCUT2D eigenvalue weighted by molar-refractivity contribution is 6.34. The van der Waals surface area contributed by atoms with Crippen LogP contribution < -0.4 is 5.73 Å². The first-order valence-corrected chi connectivity index (χ1v) is 3.61. The van der Waals surface area contributed by atoms with E-state index in [0.29, 0.717) is 5.56 Å². The van der Waals surface area contributed by atoms with Crippen molar-refractivity contribution in [3.05, 3.63) is 32.8 Å². The van der Waals surface area contributed by atoms with Gasteiger partial charge in [-0.2, -0.15) is 0 Å². The number of nitrogen functional groups attached to an aromatic ring is 1. The van der Waals surface area contributed by atoms with Crippen molar-refractivity contribution >= 4 is 23.0 Å². The molecular formula is C7H7ClN2O2. The van der Waals surface area contributed by atoms with Crippen LogP contribution in [0.15, 0.2) is 12.1 Å². The third-order valence-corrected chi connectivity index (χ3v) is 2.00. The molecule has 0 saturated heterocycles. The zero-order chi connectivity index (χ0) is 9.30. The van der Waals surface area contributed by atoms with Crippen LogP contribution in [0.4, 0.5) is 11.4 Å². The number of nitrogens with zero attached hydrogens (tertiary/aromatic N) is 1. The van der Waals surface area contributed by atoms with E-state index in [2.05, 4.69) is 0 Å². The molecular weight excluding hydrogens is 180 g/mol. The number of halogens is 1.